The number of rotatable bonds is 4. The molecular formula is C16H20BrNS. The van der Waals surface area contributed by atoms with Crippen LogP contribution in [-0.4, -0.2) is 13.6 Å². The summed E-state index contributed by atoms with van der Waals surface area (Å²) in [7, 11) is 2.01. The van der Waals surface area contributed by atoms with E-state index in [1.54, 1.807) is 0 Å². The maximum absolute atomic E-state index is 3.61. The van der Waals surface area contributed by atoms with Crippen LogP contribution in [0.3, 0.4) is 0 Å². The van der Waals surface area contributed by atoms with Gasteiger partial charge in [0.15, 0.2) is 0 Å². The van der Waals surface area contributed by atoms with Gasteiger partial charge in [-0.25, -0.2) is 0 Å². The molecule has 0 bridgehead atoms. The van der Waals surface area contributed by atoms with Gasteiger partial charge in [0, 0.05) is 26.2 Å². The third-order valence-corrected chi connectivity index (χ3v) is 5.70. The SMILES string of the molecule is CNCC(C)(C)c1ccc(-c2ccc(C)c(Br)c2)s1. The van der Waals surface area contributed by atoms with E-state index < -0.39 is 0 Å². The van der Waals surface area contributed by atoms with Crippen LogP contribution in [0.1, 0.15) is 24.3 Å². The Morgan fingerprint density at radius 2 is 1.95 bits per heavy atom. The Hall–Kier alpha value is -0.640. The third kappa shape index (κ3) is 3.28. The molecule has 0 aliphatic heterocycles. The van der Waals surface area contributed by atoms with Crippen molar-refractivity contribution in [1.29, 1.82) is 0 Å². The first-order valence-corrected chi connectivity index (χ1v) is 8.06. The van der Waals surface area contributed by atoms with E-state index in [0.717, 1.165) is 6.54 Å². The molecule has 0 saturated carbocycles. The van der Waals surface area contributed by atoms with Crippen LogP contribution in [0, 0.1) is 6.92 Å². The molecule has 0 aliphatic rings. The fourth-order valence-electron chi connectivity index (χ4n) is 2.13. The lowest BCUT2D eigenvalue weighted by Crippen LogP contribution is -2.29. The van der Waals surface area contributed by atoms with Crippen LogP contribution in [-0.2, 0) is 5.41 Å². The molecule has 102 valence electrons. The summed E-state index contributed by atoms with van der Waals surface area (Å²) in [6, 6.07) is 11.0. The molecule has 2 aromatic rings. The van der Waals surface area contributed by atoms with Crippen LogP contribution in [0.25, 0.3) is 10.4 Å². The van der Waals surface area contributed by atoms with E-state index in [0.29, 0.717) is 0 Å². The van der Waals surface area contributed by atoms with Gasteiger partial charge < -0.3 is 5.32 Å². The molecule has 1 aromatic carbocycles. The number of hydrogen-bond donors (Lipinski definition) is 1. The van der Waals surface area contributed by atoms with E-state index in [1.807, 2.05) is 18.4 Å². The summed E-state index contributed by atoms with van der Waals surface area (Å²) in [4.78, 5) is 2.76. The van der Waals surface area contributed by atoms with Crippen LogP contribution >= 0.6 is 27.3 Å². The molecule has 2 rings (SSSR count). The normalized spacial score (nSPS) is 11.8. The van der Waals surface area contributed by atoms with Gasteiger partial charge in [0.25, 0.3) is 0 Å². The number of nitrogens with one attached hydrogen (secondary N) is 1. The van der Waals surface area contributed by atoms with Crippen molar-refractivity contribution in [3.63, 3.8) is 0 Å². The zero-order valence-electron chi connectivity index (χ0n) is 11.9. The summed E-state index contributed by atoms with van der Waals surface area (Å²) >= 11 is 5.50. The lowest BCUT2D eigenvalue weighted by atomic mass is 9.91. The van der Waals surface area contributed by atoms with E-state index in [4.69, 9.17) is 0 Å². The Morgan fingerprint density at radius 3 is 2.58 bits per heavy atom. The molecule has 0 atom stereocenters. The van der Waals surface area contributed by atoms with Gasteiger partial charge in [-0.2, -0.15) is 0 Å². The van der Waals surface area contributed by atoms with Gasteiger partial charge in [0.2, 0.25) is 0 Å². The highest BCUT2D eigenvalue weighted by atomic mass is 79.9. The van der Waals surface area contributed by atoms with Crippen molar-refractivity contribution >= 4 is 27.3 Å². The monoisotopic (exact) mass is 337 g/mol. The lowest BCUT2D eigenvalue weighted by molar-refractivity contribution is 0.503. The highest BCUT2D eigenvalue weighted by Gasteiger charge is 2.21. The Kier molecular flexibility index (Phi) is 4.49. The van der Waals surface area contributed by atoms with Crippen LogP contribution in [0.15, 0.2) is 34.8 Å². The van der Waals surface area contributed by atoms with Crippen molar-refractivity contribution in [3.8, 4) is 10.4 Å². The maximum atomic E-state index is 3.61. The number of hydrogen-bond acceptors (Lipinski definition) is 2. The third-order valence-electron chi connectivity index (χ3n) is 3.35. The Balaban J connectivity index is 2.33. The molecule has 0 spiro atoms. The van der Waals surface area contributed by atoms with Crippen LogP contribution in [0.4, 0.5) is 0 Å². The molecule has 1 heterocycles. The molecule has 0 aliphatic carbocycles. The van der Waals surface area contributed by atoms with Crippen molar-refractivity contribution in [2.45, 2.75) is 26.2 Å². The number of likely N-dealkylation sites (N-methyl/N-ethyl adjacent to an activating group) is 1. The first kappa shape index (κ1) is 14.8. The van der Waals surface area contributed by atoms with Crippen molar-refractivity contribution in [1.82, 2.24) is 5.32 Å². The van der Waals surface area contributed by atoms with Crippen molar-refractivity contribution < 1.29 is 0 Å². The molecule has 3 heteroatoms. The smallest absolute Gasteiger partial charge is 0.0346 e. The predicted octanol–water partition coefficient (Wildman–Crippen LogP) is 4.98. The summed E-state index contributed by atoms with van der Waals surface area (Å²) in [5.74, 6) is 0. The summed E-state index contributed by atoms with van der Waals surface area (Å²) < 4.78 is 1.18. The number of benzene rings is 1. The van der Waals surface area contributed by atoms with Gasteiger partial charge in [-0.3, -0.25) is 0 Å². The second-order valence-electron chi connectivity index (χ2n) is 5.54. The van der Waals surface area contributed by atoms with E-state index in [9.17, 15) is 0 Å². The van der Waals surface area contributed by atoms with E-state index >= 15 is 0 Å². The molecule has 0 fully saturated rings. The molecule has 1 aromatic heterocycles. The van der Waals surface area contributed by atoms with Gasteiger partial charge >= 0.3 is 0 Å². The molecule has 19 heavy (non-hydrogen) atoms. The van der Waals surface area contributed by atoms with Crippen LogP contribution in [0.2, 0.25) is 0 Å². The molecule has 1 N–H and O–H groups in total. The van der Waals surface area contributed by atoms with Gasteiger partial charge in [0.1, 0.15) is 0 Å². The number of aryl methyl sites for hydroxylation is 1. The minimum absolute atomic E-state index is 0.180. The highest BCUT2D eigenvalue weighted by molar-refractivity contribution is 9.10. The first-order valence-electron chi connectivity index (χ1n) is 6.45. The average molecular weight is 338 g/mol. The minimum atomic E-state index is 0.180. The van der Waals surface area contributed by atoms with Gasteiger partial charge in [-0.05, 0) is 43.3 Å². The molecular weight excluding hydrogens is 318 g/mol. The highest BCUT2D eigenvalue weighted by Crippen LogP contribution is 2.36. The summed E-state index contributed by atoms with van der Waals surface area (Å²) in [6.07, 6.45) is 0. The number of thiophene rings is 1. The Labute approximate surface area is 128 Å². The van der Waals surface area contributed by atoms with Gasteiger partial charge in [-0.1, -0.05) is 41.9 Å². The summed E-state index contributed by atoms with van der Waals surface area (Å²) in [6.45, 7) is 7.67. The van der Waals surface area contributed by atoms with Gasteiger partial charge in [0.05, 0.1) is 0 Å². The Morgan fingerprint density at radius 1 is 1.21 bits per heavy atom. The topological polar surface area (TPSA) is 12.0 Å². The molecule has 0 saturated heterocycles. The van der Waals surface area contributed by atoms with Crippen molar-refractivity contribution in [2.75, 3.05) is 13.6 Å². The molecule has 0 amide bonds. The van der Waals surface area contributed by atoms with E-state index in [2.05, 4.69) is 72.3 Å². The van der Waals surface area contributed by atoms with E-state index in [1.165, 1.54) is 25.4 Å². The second-order valence-corrected chi connectivity index (χ2v) is 7.48. The predicted molar refractivity (Wildman–Crippen MR) is 89.1 cm³/mol. The zero-order chi connectivity index (χ0) is 14.0. The minimum Gasteiger partial charge on any atom is -0.319 e. The zero-order valence-corrected chi connectivity index (χ0v) is 14.3. The average Bonchev–Trinajstić information content (AvgIpc) is 2.83. The van der Waals surface area contributed by atoms with Gasteiger partial charge in [-0.15, -0.1) is 11.3 Å². The quantitative estimate of drug-likeness (QED) is 0.829. The molecule has 0 unspecified atom stereocenters. The van der Waals surface area contributed by atoms with E-state index in [-0.39, 0.29) is 5.41 Å². The Bertz CT molecular complexity index is 572. The standard InChI is InChI=1S/C16H20BrNS/c1-11-5-6-12(9-13(11)17)14-7-8-15(19-14)16(2,3)10-18-4/h5-9,18H,10H2,1-4H3. The fourth-order valence-corrected chi connectivity index (χ4v) is 3.61. The molecule has 0 radical (unpaired) electrons. The first-order chi connectivity index (χ1) is 8.94. The fraction of sp³-hybridized carbons (Fsp3) is 0.375. The van der Waals surface area contributed by atoms with Crippen LogP contribution in [0.5, 0.6) is 0 Å². The summed E-state index contributed by atoms with van der Waals surface area (Å²) in [5.41, 5.74) is 2.74. The van der Waals surface area contributed by atoms with Crippen LogP contribution < -0.4 is 5.32 Å². The number of halogens is 1. The molecule has 1 nitrogen and oxygen atoms in total. The van der Waals surface area contributed by atoms with Crippen molar-refractivity contribution in [2.24, 2.45) is 0 Å². The van der Waals surface area contributed by atoms with Crippen molar-refractivity contribution in [3.05, 3.63) is 45.2 Å². The largest absolute Gasteiger partial charge is 0.319 e. The maximum Gasteiger partial charge on any atom is 0.0346 e. The lowest BCUT2D eigenvalue weighted by Gasteiger charge is -2.22. The summed E-state index contributed by atoms with van der Waals surface area (Å²) in [5, 5.41) is 3.27. The second kappa shape index (κ2) is 5.78.